The van der Waals surface area contributed by atoms with Crippen LogP contribution in [0.3, 0.4) is 0 Å². The first-order valence-corrected chi connectivity index (χ1v) is 5.26. The van der Waals surface area contributed by atoms with Crippen LogP contribution in [0.25, 0.3) is 15.2 Å². The molecule has 14 heavy (non-hydrogen) atoms. The van der Waals surface area contributed by atoms with E-state index in [0.29, 0.717) is 6.54 Å². The van der Waals surface area contributed by atoms with Gasteiger partial charge < -0.3 is 5.73 Å². The molecule has 3 aromatic rings. The molecule has 0 aliphatic heterocycles. The van der Waals surface area contributed by atoms with Crippen LogP contribution in [0.2, 0.25) is 0 Å². The van der Waals surface area contributed by atoms with Gasteiger partial charge in [0.2, 0.25) is 0 Å². The zero-order chi connectivity index (χ0) is 9.54. The second kappa shape index (κ2) is 2.80. The molecule has 2 aromatic heterocycles. The topological polar surface area (TPSA) is 43.3 Å². The van der Waals surface area contributed by atoms with Gasteiger partial charge in [0.05, 0.1) is 15.9 Å². The van der Waals surface area contributed by atoms with Crippen molar-refractivity contribution in [3.63, 3.8) is 0 Å². The monoisotopic (exact) mass is 203 g/mol. The summed E-state index contributed by atoms with van der Waals surface area (Å²) in [5.74, 6) is 0. The zero-order valence-electron chi connectivity index (χ0n) is 7.47. The van der Waals surface area contributed by atoms with Crippen LogP contribution < -0.4 is 5.73 Å². The van der Waals surface area contributed by atoms with E-state index in [1.54, 1.807) is 11.3 Å². The molecule has 3 nitrogen and oxygen atoms in total. The lowest BCUT2D eigenvalue weighted by Gasteiger charge is -1.88. The normalized spacial score (nSPS) is 11.5. The van der Waals surface area contributed by atoms with E-state index in [1.165, 1.54) is 10.2 Å². The molecule has 0 saturated heterocycles. The highest BCUT2D eigenvalue weighted by Crippen LogP contribution is 2.25. The van der Waals surface area contributed by atoms with Crippen molar-refractivity contribution in [2.45, 2.75) is 6.54 Å². The molecule has 0 bridgehead atoms. The first-order valence-electron chi connectivity index (χ1n) is 4.44. The van der Waals surface area contributed by atoms with Crippen LogP contribution >= 0.6 is 11.3 Å². The number of rotatable bonds is 1. The van der Waals surface area contributed by atoms with Gasteiger partial charge in [-0.05, 0) is 12.1 Å². The molecular weight excluding hydrogens is 194 g/mol. The number of hydrogen-bond acceptors (Lipinski definition) is 3. The van der Waals surface area contributed by atoms with E-state index < -0.39 is 0 Å². The van der Waals surface area contributed by atoms with Crippen LogP contribution in [-0.4, -0.2) is 9.38 Å². The van der Waals surface area contributed by atoms with E-state index in [9.17, 15) is 0 Å². The van der Waals surface area contributed by atoms with Gasteiger partial charge in [-0.1, -0.05) is 23.5 Å². The Bertz CT molecular complexity index is 593. The minimum Gasteiger partial charge on any atom is -0.325 e. The SMILES string of the molecule is NCc1cn2c(n1)sc1ccccc12. The van der Waals surface area contributed by atoms with Crippen LogP contribution in [0.5, 0.6) is 0 Å². The Labute approximate surface area is 84.8 Å². The maximum atomic E-state index is 5.55. The van der Waals surface area contributed by atoms with Gasteiger partial charge in [-0.2, -0.15) is 0 Å². The standard InChI is InChI=1S/C10H9N3S/c11-5-7-6-13-8-3-1-2-4-9(8)14-10(13)12-7/h1-4,6H,5,11H2. The van der Waals surface area contributed by atoms with Crippen molar-refractivity contribution in [1.29, 1.82) is 0 Å². The number of fused-ring (bicyclic) bond motifs is 3. The number of aromatic nitrogens is 2. The lowest BCUT2D eigenvalue weighted by molar-refractivity contribution is 1.02. The number of hydrogen-bond donors (Lipinski definition) is 1. The molecule has 0 fully saturated rings. The fraction of sp³-hybridized carbons (Fsp3) is 0.100. The van der Waals surface area contributed by atoms with Crippen molar-refractivity contribution in [1.82, 2.24) is 9.38 Å². The highest BCUT2D eigenvalue weighted by atomic mass is 32.1. The molecule has 0 radical (unpaired) electrons. The fourth-order valence-electron chi connectivity index (χ4n) is 1.59. The van der Waals surface area contributed by atoms with E-state index in [-0.39, 0.29) is 0 Å². The first-order chi connectivity index (χ1) is 6.88. The summed E-state index contributed by atoms with van der Waals surface area (Å²) in [5.41, 5.74) is 7.70. The number of nitrogens with two attached hydrogens (primary N) is 1. The fourth-order valence-corrected chi connectivity index (χ4v) is 2.62. The van der Waals surface area contributed by atoms with Gasteiger partial charge in [0.15, 0.2) is 4.96 Å². The predicted octanol–water partition coefficient (Wildman–Crippen LogP) is 2.01. The summed E-state index contributed by atoms with van der Waals surface area (Å²) in [6.07, 6.45) is 2.01. The van der Waals surface area contributed by atoms with Crippen molar-refractivity contribution in [2.75, 3.05) is 0 Å². The number of nitrogens with zero attached hydrogens (tertiary/aromatic N) is 2. The predicted molar refractivity (Wildman–Crippen MR) is 58.5 cm³/mol. The smallest absolute Gasteiger partial charge is 0.194 e. The molecule has 0 spiro atoms. The molecule has 2 heterocycles. The number of para-hydroxylation sites is 1. The summed E-state index contributed by atoms with van der Waals surface area (Å²) in [6.45, 7) is 0.503. The molecule has 0 atom stereocenters. The molecular formula is C10H9N3S. The number of benzene rings is 1. The lowest BCUT2D eigenvalue weighted by Crippen LogP contribution is -1.95. The van der Waals surface area contributed by atoms with Gasteiger partial charge >= 0.3 is 0 Å². The van der Waals surface area contributed by atoms with Gasteiger partial charge in [-0.15, -0.1) is 0 Å². The van der Waals surface area contributed by atoms with Crippen LogP contribution in [-0.2, 0) is 6.54 Å². The minimum atomic E-state index is 0.503. The summed E-state index contributed by atoms with van der Waals surface area (Å²) >= 11 is 1.69. The molecule has 1 aromatic carbocycles. The average Bonchev–Trinajstić information content (AvgIpc) is 2.73. The van der Waals surface area contributed by atoms with Crippen LogP contribution in [0.1, 0.15) is 5.69 Å². The van der Waals surface area contributed by atoms with E-state index in [0.717, 1.165) is 10.7 Å². The zero-order valence-corrected chi connectivity index (χ0v) is 8.29. The third kappa shape index (κ3) is 0.981. The Morgan fingerprint density at radius 3 is 3.07 bits per heavy atom. The van der Waals surface area contributed by atoms with Crippen molar-refractivity contribution in [3.8, 4) is 0 Å². The van der Waals surface area contributed by atoms with E-state index >= 15 is 0 Å². The van der Waals surface area contributed by atoms with Gasteiger partial charge in [0.25, 0.3) is 0 Å². The molecule has 2 N–H and O–H groups in total. The molecule has 0 aliphatic carbocycles. The third-order valence-corrected chi connectivity index (χ3v) is 3.29. The van der Waals surface area contributed by atoms with Gasteiger partial charge in [0, 0.05) is 12.7 Å². The number of imidazole rings is 1. The lowest BCUT2D eigenvalue weighted by atomic mass is 10.3. The van der Waals surface area contributed by atoms with Gasteiger partial charge in [0.1, 0.15) is 0 Å². The summed E-state index contributed by atoms with van der Waals surface area (Å²) in [5, 5.41) is 0. The molecule has 3 rings (SSSR count). The molecule has 0 aliphatic rings. The highest BCUT2D eigenvalue weighted by Gasteiger charge is 2.06. The Kier molecular flexibility index (Phi) is 1.59. The third-order valence-electron chi connectivity index (χ3n) is 2.26. The molecule has 0 saturated carbocycles. The van der Waals surface area contributed by atoms with E-state index in [1.807, 2.05) is 18.3 Å². The molecule has 70 valence electrons. The van der Waals surface area contributed by atoms with Crippen molar-refractivity contribution < 1.29 is 0 Å². The second-order valence-electron chi connectivity index (χ2n) is 3.16. The minimum absolute atomic E-state index is 0.503. The molecule has 4 heteroatoms. The quantitative estimate of drug-likeness (QED) is 0.657. The largest absolute Gasteiger partial charge is 0.325 e. The first kappa shape index (κ1) is 7.96. The van der Waals surface area contributed by atoms with Crippen LogP contribution in [0.4, 0.5) is 0 Å². The van der Waals surface area contributed by atoms with Crippen molar-refractivity contribution >= 4 is 26.5 Å². The maximum absolute atomic E-state index is 5.55. The second-order valence-corrected chi connectivity index (χ2v) is 4.17. The summed E-state index contributed by atoms with van der Waals surface area (Å²) in [7, 11) is 0. The van der Waals surface area contributed by atoms with Crippen molar-refractivity contribution in [2.24, 2.45) is 5.73 Å². The van der Waals surface area contributed by atoms with Crippen molar-refractivity contribution in [3.05, 3.63) is 36.2 Å². The number of thiazole rings is 1. The Morgan fingerprint density at radius 2 is 2.21 bits per heavy atom. The van der Waals surface area contributed by atoms with Crippen LogP contribution in [0.15, 0.2) is 30.5 Å². The summed E-state index contributed by atoms with van der Waals surface area (Å²) in [4.78, 5) is 5.44. The van der Waals surface area contributed by atoms with Gasteiger partial charge in [-0.25, -0.2) is 4.98 Å². The Balaban J connectivity index is 2.45. The van der Waals surface area contributed by atoms with Crippen LogP contribution in [0, 0.1) is 0 Å². The van der Waals surface area contributed by atoms with E-state index in [2.05, 4.69) is 21.5 Å². The summed E-state index contributed by atoms with van der Waals surface area (Å²) in [6, 6.07) is 8.29. The Morgan fingerprint density at radius 1 is 1.36 bits per heavy atom. The maximum Gasteiger partial charge on any atom is 0.194 e. The molecule has 0 amide bonds. The molecule has 0 unspecified atom stereocenters. The average molecular weight is 203 g/mol. The van der Waals surface area contributed by atoms with Gasteiger partial charge in [-0.3, -0.25) is 4.40 Å². The highest BCUT2D eigenvalue weighted by molar-refractivity contribution is 7.23. The Hall–Kier alpha value is -1.39. The summed E-state index contributed by atoms with van der Waals surface area (Å²) < 4.78 is 3.36. The van der Waals surface area contributed by atoms with E-state index in [4.69, 9.17) is 5.73 Å².